The van der Waals surface area contributed by atoms with Crippen molar-refractivity contribution in [2.75, 3.05) is 5.32 Å². The summed E-state index contributed by atoms with van der Waals surface area (Å²) in [5.74, 6) is -0.541. The third-order valence-corrected chi connectivity index (χ3v) is 3.10. The molecule has 1 fully saturated rings. The highest BCUT2D eigenvalue weighted by Crippen LogP contribution is 2.32. The molecule has 19 heavy (non-hydrogen) atoms. The van der Waals surface area contributed by atoms with Gasteiger partial charge in [0.25, 0.3) is 0 Å². The maximum Gasteiger partial charge on any atom is 0.310 e. The molecule has 102 valence electrons. The highest BCUT2D eigenvalue weighted by atomic mass is 35.5. The first-order valence-corrected chi connectivity index (χ1v) is 6.38. The van der Waals surface area contributed by atoms with E-state index in [0.29, 0.717) is 17.3 Å². The third-order valence-electron chi connectivity index (χ3n) is 2.87. The Morgan fingerprint density at radius 3 is 2.84 bits per heavy atom. The van der Waals surface area contributed by atoms with Crippen molar-refractivity contribution in [3.8, 4) is 0 Å². The number of nitrogens with zero attached hydrogens (tertiary/aromatic N) is 1. The van der Waals surface area contributed by atoms with Crippen LogP contribution in [0.25, 0.3) is 0 Å². The minimum absolute atomic E-state index is 0.104. The van der Waals surface area contributed by atoms with E-state index in [1.54, 1.807) is 12.1 Å². The summed E-state index contributed by atoms with van der Waals surface area (Å²) in [5, 5.41) is 3.13. The van der Waals surface area contributed by atoms with Crippen molar-refractivity contribution >= 4 is 29.3 Å². The zero-order chi connectivity index (χ0) is 14.0. The van der Waals surface area contributed by atoms with Gasteiger partial charge in [0, 0.05) is 19.0 Å². The quantitative estimate of drug-likeness (QED) is 0.865. The molecular formula is C13H15ClN2O3. The predicted octanol–water partition coefficient (Wildman–Crippen LogP) is 2.41. The monoisotopic (exact) mass is 282 g/mol. The van der Waals surface area contributed by atoms with Crippen molar-refractivity contribution in [1.29, 1.82) is 0 Å². The summed E-state index contributed by atoms with van der Waals surface area (Å²) in [4.78, 5) is 27.4. The molecule has 0 aliphatic carbocycles. The van der Waals surface area contributed by atoms with Crippen LogP contribution in [0.2, 0.25) is 5.02 Å². The molecule has 1 amide bonds. The van der Waals surface area contributed by atoms with Gasteiger partial charge in [-0.15, -0.1) is 0 Å². The van der Waals surface area contributed by atoms with Crippen molar-refractivity contribution in [3.05, 3.63) is 23.4 Å². The van der Waals surface area contributed by atoms with Gasteiger partial charge in [-0.05, 0) is 26.0 Å². The molecule has 6 heteroatoms. The number of hydrogen-bond donors (Lipinski definition) is 1. The van der Waals surface area contributed by atoms with Crippen molar-refractivity contribution in [2.24, 2.45) is 5.92 Å². The first-order chi connectivity index (χ1) is 8.85. The smallest absolute Gasteiger partial charge is 0.310 e. The Labute approximate surface area is 116 Å². The summed E-state index contributed by atoms with van der Waals surface area (Å²) in [6.07, 6.45) is 2.10. The lowest BCUT2D eigenvalue weighted by Crippen LogP contribution is -2.20. The van der Waals surface area contributed by atoms with Crippen LogP contribution in [0.4, 0.5) is 5.82 Å². The van der Waals surface area contributed by atoms with E-state index >= 15 is 0 Å². The number of carbonyl (C=O) groups is 2. The lowest BCUT2D eigenvalue weighted by molar-refractivity contribution is -0.149. The van der Waals surface area contributed by atoms with Crippen LogP contribution in [-0.2, 0) is 14.3 Å². The summed E-state index contributed by atoms with van der Waals surface area (Å²) in [6.45, 7) is 3.67. The van der Waals surface area contributed by atoms with Gasteiger partial charge in [-0.1, -0.05) is 11.6 Å². The summed E-state index contributed by atoms with van der Waals surface area (Å²) < 4.78 is 5.18. The largest absolute Gasteiger partial charge is 0.459 e. The van der Waals surface area contributed by atoms with Crippen LogP contribution in [0.15, 0.2) is 18.3 Å². The number of aromatic nitrogens is 1. The number of pyridine rings is 1. The van der Waals surface area contributed by atoms with Crippen molar-refractivity contribution in [1.82, 2.24) is 4.98 Å². The molecular weight excluding hydrogens is 268 g/mol. The normalized spacial score (nSPS) is 21.0. The number of rotatable bonds is 3. The fourth-order valence-electron chi connectivity index (χ4n) is 2.10. The van der Waals surface area contributed by atoms with E-state index in [1.165, 1.54) is 6.20 Å². The Bertz CT molecular complexity index is 499. The van der Waals surface area contributed by atoms with Gasteiger partial charge in [0.2, 0.25) is 5.91 Å². The zero-order valence-electron chi connectivity index (χ0n) is 10.8. The zero-order valence-corrected chi connectivity index (χ0v) is 11.5. The molecule has 2 rings (SSSR count). The maximum atomic E-state index is 11.8. The van der Waals surface area contributed by atoms with Crippen LogP contribution in [0.1, 0.15) is 26.7 Å². The van der Waals surface area contributed by atoms with E-state index in [9.17, 15) is 9.59 Å². The standard InChI is InChI=1S/C13H15ClN2O3/c1-13(2)6-8(12(18)19-13)5-11(17)16-10-4-3-9(14)7-15-10/h3-4,7-8H,5-6H2,1-2H3,(H,15,16,17)/t8-/m1/s1. The molecule has 0 aromatic carbocycles. The van der Waals surface area contributed by atoms with Gasteiger partial charge in [-0.2, -0.15) is 0 Å². The average molecular weight is 283 g/mol. The molecule has 1 aromatic rings. The van der Waals surface area contributed by atoms with Gasteiger partial charge < -0.3 is 10.1 Å². The van der Waals surface area contributed by atoms with Gasteiger partial charge in [0.05, 0.1) is 10.9 Å². The van der Waals surface area contributed by atoms with Crippen LogP contribution in [0.5, 0.6) is 0 Å². The van der Waals surface area contributed by atoms with E-state index in [1.807, 2.05) is 13.8 Å². The van der Waals surface area contributed by atoms with Crippen molar-refractivity contribution in [2.45, 2.75) is 32.3 Å². The second-order valence-electron chi connectivity index (χ2n) is 5.20. The molecule has 0 radical (unpaired) electrons. The van der Waals surface area contributed by atoms with Crippen molar-refractivity contribution < 1.29 is 14.3 Å². The molecule has 0 unspecified atom stereocenters. The molecule has 1 aliphatic rings. The molecule has 2 heterocycles. The van der Waals surface area contributed by atoms with Gasteiger partial charge in [-0.25, -0.2) is 4.98 Å². The molecule has 1 atom stereocenters. The highest BCUT2D eigenvalue weighted by molar-refractivity contribution is 6.30. The lowest BCUT2D eigenvalue weighted by atomic mass is 9.95. The van der Waals surface area contributed by atoms with E-state index in [-0.39, 0.29) is 24.2 Å². The van der Waals surface area contributed by atoms with Crippen LogP contribution >= 0.6 is 11.6 Å². The second kappa shape index (κ2) is 5.17. The number of anilines is 1. The Balaban J connectivity index is 1.91. The number of halogens is 1. The third kappa shape index (κ3) is 3.67. The number of cyclic esters (lactones) is 1. The predicted molar refractivity (Wildman–Crippen MR) is 70.8 cm³/mol. The van der Waals surface area contributed by atoms with Gasteiger partial charge in [0.15, 0.2) is 0 Å². The Kier molecular flexibility index (Phi) is 3.75. The Morgan fingerprint density at radius 1 is 1.58 bits per heavy atom. The van der Waals surface area contributed by atoms with Crippen LogP contribution < -0.4 is 5.32 Å². The van der Waals surface area contributed by atoms with E-state index in [4.69, 9.17) is 16.3 Å². The van der Waals surface area contributed by atoms with E-state index in [0.717, 1.165) is 0 Å². The lowest BCUT2D eigenvalue weighted by Gasteiger charge is -2.14. The number of amides is 1. The van der Waals surface area contributed by atoms with Gasteiger partial charge in [0.1, 0.15) is 11.4 Å². The minimum atomic E-state index is -0.486. The fraction of sp³-hybridized carbons (Fsp3) is 0.462. The first kappa shape index (κ1) is 13.8. The molecule has 5 nitrogen and oxygen atoms in total. The molecule has 0 saturated carbocycles. The minimum Gasteiger partial charge on any atom is -0.459 e. The Morgan fingerprint density at radius 2 is 2.32 bits per heavy atom. The summed E-state index contributed by atoms with van der Waals surface area (Å²) in [7, 11) is 0. The molecule has 1 aliphatic heterocycles. The summed E-state index contributed by atoms with van der Waals surface area (Å²) in [5.41, 5.74) is -0.486. The molecule has 1 saturated heterocycles. The Hall–Kier alpha value is -1.62. The van der Waals surface area contributed by atoms with E-state index < -0.39 is 5.60 Å². The maximum absolute atomic E-state index is 11.8. The molecule has 1 aromatic heterocycles. The number of ether oxygens (including phenoxy) is 1. The SMILES string of the molecule is CC1(C)C[C@@H](CC(=O)Nc2ccc(Cl)cn2)C(=O)O1. The average Bonchev–Trinajstić information content (AvgIpc) is 2.55. The topological polar surface area (TPSA) is 68.3 Å². The van der Waals surface area contributed by atoms with Crippen molar-refractivity contribution in [3.63, 3.8) is 0 Å². The van der Waals surface area contributed by atoms with E-state index in [2.05, 4.69) is 10.3 Å². The second-order valence-corrected chi connectivity index (χ2v) is 5.63. The van der Waals surface area contributed by atoms with Gasteiger partial charge in [-0.3, -0.25) is 9.59 Å². The number of nitrogens with one attached hydrogen (secondary N) is 1. The van der Waals surface area contributed by atoms with Gasteiger partial charge >= 0.3 is 5.97 Å². The number of esters is 1. The number of hydrogen-bond acceptors (Lipinski definition) is 4. The highest BCUT2D eigenvalue weighted by Gasteiger charge is 2.40. The molecule has 0 bridgehead atoms. The van der Waals surface area contributed by atoms with Crippen LogP contribution in [-0.4, -0.2) is 22.5 Å². The number of carbonyl (C=O) groups excluding carboxylic acids is 2. The summed E-state index contributed by atoms with van der Waals surface area (Å²) >= 11 is 5.70. The summed E-state index contributed by atoms with van der Waals surface area (Å²) in [6, 6.07) is 3.24. The fourth-order valence-corrected chi connectivity index (χ4v) is 2.21. The molecule has 0 spiro atoms. The van der Waals surface area contributed by atoms with Crippen LogP contribution in [0.3, 0.4) is 0 Å². The first-order valence-electron chi connectivity index (χ1n) is 6.00. The van der Waals surface area contributed by atoms with Crippen LogP contribution in [0, 0.1) is 5.92 Å². The molecule has 1 N–H and O–H groups in total.